The van der Waals surface area contributed by atoms with Gasteiger partial charge >= 0.3 is 0 Å². The van der Waals surface area contributed by atoms with E-state index in [1.807, 2.05) is 6.92 Å². The van der Waals surface area contributed by atoms with Gasteiger partial charge in [-0.1, -0.05) is 6.92 Å². The molecule has 2 amide bonds. The first kappa shape index (κ1) is 13.1. The lowest BCUT2D eigenvalue weighted by molar-refractivity contribution is -0.116. The molecule has 1 heterocycles. The maximum absolute atomic E-state index is 11.9. The summed E-state index contributed by atoms with van der Waals surface area (Å²) < 4.78 is 0. The number of amides is 2. The maximum Gasteiger partial charge on any atom is 0.254 e. The van der Waals surface area contributed by atoms with E-state index in [0.29, 0.717) is 12.0 Å². The fourth-order valence-corrected chi connectivity index (χ4v) is 3.58. The summed E-state index contributed by atoms with van der Waals surface area (Å²) in [5.41, 5.74) is 1.81. The second kappa shape index (κ2) is 5.52. The Morgan fingerprint density at radius 2 is 2.11 bits per heavy atom. The van der Waals surface area contributed by atoms with Gasteiger partial charge in [0.1, 0.15) is 5.00 Å². The number of carbonyl (C=O) groups is 2. The zero-order valence-electron chi connectivity index (χ0n) is 10.8. The first-order chi connectivity index (χ1) is 8.67. The fraction of sp³-hybridized carbons (Fsp3) is 0.538. The minimum absolute atomic E-state index is 0.0115. The van der Waals surface area contributed by atoms with Crippen LogP contribution in [0.3, 0.4) is 0 Å². The molecule has 2 N–H and O–H groups in total. The fourth-order valence-electron chi connectivity index (χ4n) is 2.27. The highest BCUT2D eigenvalue weighted by Crippen LogP contribution is 2.39. The van der Waals surface area contributed by atoms with Crippen LogP contribution in [0.5, 0.6) is 0 Å². The van der Waals surface area contributed by atoms with Crippen molar-refractivity contribution in [2.45, 2.75) is 39.0 Å². The van der Waals surface area contributed by atoms with Gasteiger partial charge in [-0.15, -0.1) is 11.3 Å². The van der Waals surface area contributed by atoms with E-state index >= 15 is 0 Å². The predicted molar refractivity (Wildman–Crippen MR) is 73.3 cm³/mol. The van der Waals surface area contributed by atoms with Gasteiger partial charge in [0.25, 0.3) is 5.91 Å². The largest absolute Gasteiger partial charge is 0.355 e. The van der Waals surface area contributed by atoms with Gasteiger partial charge in [0.2, 0.25) is 5.91 Å². The minimum atomic E-state index is -0.0961. The Morgan fingerprint density at radius 3 is 2.78 bits per heavy atom. The first-order valence-corrected chi connectivity index (χ1v) is 7.15. The van der Waals surface area contributed by atoms with Gasteiger partial charge in [-0.25, -0.2) is 0 Å². The van der Waals surface area contributed by atoms with Crippen LogP contribution in [0.2, 0.25) is 0 Å². The number of carbonyl (C=O) groups excluding carboxylic acids is 2. The van der Waals surface area contributed by atoms with Crippen molar-refractivity contribution in [2.24, 2.45) is 0 Å². The molecule has 0 saturated heterocycles. The molecular formula is C13H18N2O2S. The second-order valence-corrected chi connectivity index (χ2v) is 5.54. The summed E-state index contributed by atoms with van der Waals surface area (Å²) in [6.45, 7) is 1.97. The monoisotopic (exact) mass is 266 g/mol. The quantitative estimate of drug-likeness (QED) is 0.878. The summed E-state index contributed by atoms with van der Waals surface area (Å²) >= 11 is 1.55. The molecule has 0 fully saturated rings. The molecule has 18 heavy (non-hydrogen) atoms. The SMILES string of the molecule is CCCC(=O)Nc1sc2c(c1C(=O)NC)CCC2. The van der Waals surface area contributed by atoms with Crippen LogP contribution in [-0.2, 0) is 17.6 Å². The zero-order valence-corrected chi connectivity index (χ0v) is 11.6. The van der Waals surface area contributed by atoms with E-state index in [-0.39, 0.29) is 11.8 Å². The van der Waals surface area contributed by atoms with Crippen LogP contribution in [0.4, 0.5) is 5.00 Å². The topological polar surface area (TPSA) is 58.2 Å². The summed E-state index contributed by atoms with van der Waals surface area (Å²) in [6, 6.07) is 0. The third-order valence-electron chi connectivity index (χ3n) is 3.11. The number of hydrogen-bond donors (Lipinski definition) is 2. The Hall–Kier alpha value is -1.36. The molecule has 1 aliphatic rings. The van der Waals surface area contributed by atoms with E-state index in [0.717, 1.165) is 36.2 Å². The second-order valence-electron chi connectivity index (χ2n) is 4.44. The van der Waals surface area contributed by atoms with Crippen LogP contribution >= 0.6 is 11.3 Å². The van der Waals surface area contributed by atoms with Gasteiger partial charge in [0, 0.05) is 18.3 Å². The Kier molecular flexibility index (Phi) is 4.01. The summed E-state index contributed by atoms with van der Waals surface area (Å²) in [4.78, 5) is 24.9. The Morgan fingerprint density at radius 1 is 1.33 bits per heavy atom. The summed E-state index contributed by atoms with van der Waals surface area (Å²) in [5.74, 6) is -0.108. The molecule has 0 aliphatic heterocycles. The van der Waals surface area contributed by atoms with E-state index in [1.54, 1.807) is 18.4 Å². The standard InChI is InChI=1S/C13H18N2O2S/c1-3-5-10(16)15-13-11(12(17)14-2)8-6-4-7-9(8)18-13/h3-7H2,1-2H3,(H,14,17)(H,15,16). The molecule has 1 aliphatic carbocycles. The van der Waals surface area contributed by atoms with Crippen LogP contribution in [-0.4, -0.2) is 18.9 Å². The van der Waals surface area contributed by atoms with Gasteiger partial charge in [0.15, 0.2) is 0 Å². The highest BCUT2D eigenvalue weighted by molar-refractivity contribution is 7.17. The summed E-state index contributed by atoms with van der Waals surface area (Å²) in [7, 11) is 1.62. The number of rotatable bonds is 4. The van der Waals surface area contributed by atoms with Crippen molar-refractivity contribution in [3.8, 4) is 0 Å². The third kappa shape index (κ3) is 2.41. The molecule has 1 aromatic rings. The number of nitrogens with one attached hydrogen (secondary N) is 2. The number of hydrogen-bond acceptors (Lipinski definition) is 3. The van der Waals surface area contributed by atoms with Crippen molar-refractivity contribution in [1.29, 1.82) is 0 Å². The maximum atomic E-state index is 11.9. The Balaban J connectivity index is 2.29. The zero-order chi connectivity index (χ0) is 13.1. The highest BCUT2D eigenvalue weighted by Gasteiger charge is 2.26. The Bertz CT molecular complexity index is 480. The molecular weight excluding hydrogens is 248 g/mol. The average Bonchev–Trinajstić information content (AvgIpc) is 2.88. The molecule has 2 rings (SSSR count). The first-order valence-electron chi connectivity index (χ1n) is 6.33. The lowest BCUT2D eigenvalue weighted by Gasteiger charge is -2.06. The summed E-state index contributed by atoms with van der Waals surface area (Å²) in [5, 5.41) is 6.25. The molecule has 4 nitrogen and oxygen atoms in total. The van der Waals surface area contributed by atoms with Crippen molar-refractivity contribution in [3.05, 3.63) is 16.0 Å². The molecule has 0 spiro atoms. The molecule has 0 saturated carbocycles. The van der Waals surface area contributed by atoms with E-state index in [2.05, 4.69) is 10.6 Å². The van der Waals surface area contributed by atoms with Crippen molar-refractivity contribution in [3.63, 3.8) is 0 Å². The molecule has 0 atom stereocenters. The molecule has 5 heteroatoms. The Labute approximate surface area is 111 Å². The lowest BCUT2D eigenvalue weighted by atomic mass is 10.1. The molecule has 98 valence electrons. The van der Waals surface area contributed by atoms with Crippen molar-refractivity contribution in [2.75, 3.05) is 12.4 Å². The third-order valence-corrected chi connectivity index (χ3v) is 4.31. The smallest absolute Gasteiger partial charge is 0.254 e. The van der Waals surface area contributed by atoms with Gasteiger partial charge in [-0.05, 0) is 31.2 Å². The van der Waals surface area contributed by atoms with Crippen LogP contribution in [0, 0.1) is 0 Å². The number of anilines is 1. The van der Waals surface area contributed by atoms with Crippen LogP contribution in [0.25, 0.3) is 0 Å². The normalized spacial score (nSPS) is 13.2. The molecule has 0 unspecified atom stereocenters. The van der Waals surface area contributed by atoms with Crippen molar-refractivity contribution < 1.29 is 9.59 Å². The van der Waals surface area contributed by atoms with Crippen molar-refractivity contribution >= 4 is 28.2 Å². The van der Waals surface area contributed by atoms with Crippen LogP contribution < -0.4 is 10.6 Å². The molecule has 0 aromatic carbocycles. The minimum Gasteiger partial charge on any atom is -0.355 e. The molecule has 0 bridgehead atoms. The van der Waals surface area contributed by atoms with E-state index in [1.165, 1.54) is 4.88 Å². The predicted octanol–water partition coefficient (Wildman–Crippen LogP) is 2.33. The van der Waals surface area contributed by atoms with E-state index < -0.39 is 0 Å². The van der Waals surface area contributed by atoms with Crippen molar-refractivity contribution in [1.82, 2.24) is 5.32 Å². The van der Waals surface area contributed by atoms with E-state index in [9.17, 15) is 9.59 Å². The average molecular weight is 266 g/mol. The van der Waals surface area contributed by atoms with E-state index in [4.69, 9.17) is 0 Å². The summed E-state index contributed by atoms with van der Waals surface area (Å²) in [6.07, 6.45) is 4.38. The molecule has 0 radical (unpaired) electrons. The van der Waals surface area contributed by atoms with Gasteiger partial charge in [-0.2, -0.15) is 0 Å². The van der Waals surface area contributed by atoms with Crippen LogP contribution in [0.1, 0.15) is 47.0 Å². The van der Waals surface area contributed by atoms with Crippen LogP contribution in [0.15, 0.2) is 0 Å². The number of fused-ring (bicyclic) bond motifs is 1. The molecule has 1 aromatic heterocycles. The number of aryl methyl sites for hydroxylation is 1. The highest BCUT2D eigenvalue weighted by atomic mass is 32.1. The lowest BCUT2D eigenvalue weighted by Crippen LogP contribution is -2.21. The van der Waals surface area contributed by atoms with Gasteiger partial charge in [0.05, 0.1) is 5.56 Å². The van der Waals surface area contributed by atoms with Gasteiger partial charge < -0.3 is 10.6 Å². The number of thiophene rings is 1. The van der Waals surface area contributed by atoms with Gasteiger partial charge in [-0.3, -0.25) is 9.59 Å².